The second kappa shape index (κ2) is 10.9. The molecule has 0 saturated carbocycles. The number of hydrogen-bond acceptors (Lipinski definition) is 7. The average Bonchev–Trinajstić information content (AvgIpc) is 2.44. The van der Waals surface area contributed by atoms with E-state index in [0.29, 0.717) is 11.0 Å². The molecule has 0 bridgehead atoms. The zero-order valence-corrected chi connectivity index (χ0v) is 15.7. The molecular formula is C14H29NO8P+. The van der Waals surface area contributed by atoms with Gasteiger partial charge in [-0.05, 0) is 6.92 Å². The highest BCUT2D eigenvalue weighted by atomic mass is 31.2. The van der Waals surface area contributed by atoms with E-state index in [9.17, 15) is 14.3 Å². The van der Waals surface area contributed by atoms with E-state index in [1.165, 1.54) is 6.92 Å². The first kappa shape index (κ1) is 23.2. The Labute approximate surface area is 143 Å². The van der Waals surface area contributed by atoms with Gasteiger partial charge in [0.25, 0.3) is 0 Å². The summed E-state index contributed by atoms with van der Waals surface area (Å²) in [7, 11) is 1.55. The number of carbonyl (C=O) groups is 1. The van der Waals surface area contributed by atoms with Crippen molar-refractivity contribution in [2.24, 2.45) is 0 Å². The molecule has 9 nitrogen and oxygen atoms in total. The number of rotatable bonds is 13. The minimum absolute atomic E-state index is 0.00565. The first-order chi connectivity index (χ1) is 11.0. The molecule has 0 saturated heterocycles. The van der Waals surface area contributed by atoms with Crippen LogP contribution in [0.3, 0.4) is 0 Å². The van der Waals surface area contributed by atoms with Crippen molar-refractivity contribution < 1.29 is 42.4 Å². The van der Waals surface area contributed by atoms with Crippen LogP contribution >= 0.6 is 7.82 Å². The Morgan fingerprint density at radius 3 is 2.33 bits per heavy atom. The highest BCUT2D eigenvalue weighted by Gasteiger charge is 2.24. The van der Waals surface area contributed by atoms with Gasteiger partial charge < -0.3 is 24.0 Å². The van der Waals surface area contributed by atoms with E-state index in [0.717, 1.165) is 0 Å². The lowest BCUT2D eigenvalue weighted by Gasteiger charge is -2.24. The summed E-state index contributed by atoms with van der Waals surface area (Å²) in [6.07, 6.45) is -0.837. The molecule has 0 radical (unpaired) electrons. The minimum atomic E-state index is -4.21. The summed E-state index contributed by atoms with van der Waals surface area (Å²) in [5.74, 6) is -0.541. The number of aliphatic hydroxyl groups excluding tert-OH is 1. The number of esters is 1. The normalized spacial score (nSPS) is 15.6. The van der Waals surface area contributed by atoms with Crippen molar-refractivity contribution in [1.29, 1.82) is 0 Å². The summed E-state index contributed by atoms with van der Waals surface area (Å²) in [6, 6.07) is 0. The first-order valence-corrected chi connectivity index (χ1v) is 8.94. The third-order valence-corrected chi connectivity index (χ3v) is 3.65. The molecule has 0 rings (SSSR count). The summed E-state index contributed by atoms with van der Waals surface area (Å²) in [5.41, 5.74) is 0.268. The molecule has 2 N–H and O–H groups in total. The van der Waals surface area contributed by atoms with Gasteiger partial charge in [0, 0.05) is 5.57 Å². The summed E-state index contributed by atoms with van der Waals surface area (Å²) in [6.45, 7) is 4.76. The van der Waals surface area contributed by atoms with E-state index >= 15 is 0 Å². The predicted octanol–water partition coefficient (Wildman–Crippen LogP) is 0.323. The van der Waals surface area contributed by atoms with E-state index in [4.69, 9.17) is 23.6 Å². The Kier molecular flexibility index (Phi) is 10.6. The summed E-state index contributed by atoms with van der Waals surface area (Å²) < 4.78 is 31.9. The van der Waals surface area contributed by atoms with Gasteiger partial charge >= 0.3 is 13.8 Å². The van der Waals surface area contributed by atoms with Crippen molar-refractivity contribution in [3.05, 3.63) is 12.2 Å². The van der Waals surface area contributed by atoms with Crippen molar-refractivity contribution in [1.82, 2.24) is 0 Å². The Morgan fingerprint density at radius 2 is 1.83 bits per heavy atom. The summed E-state index contributed by atoms with van der Waals surface area (Å²) in [5, 5.41) is 9.16. The molecule has 10 heteroatoms. The Morgan fingerprint density at radius 1 is 1.21 bits per heavy atom. The van der Waals surface area contributed by atoms with Crippen LogP contribution in [0.4, 0.5) is 0 Å². The van der Waals surface area contributed by atoms with E-state index in [-0.39, 0.29) is 32.0 Å². The standard InChI is InChI=1S/C14H28NO8P/c1-12(2)14(17)21-9-8-20-13(10-16)11-23-24(18,19)22-7-6-15(3,4)5/h13,16H,1,6-11H2,2-5H3/p+1/t13-/m1/s1. The molecule has 0 heterocycles. The van der Waals surface area contributed by atoms with Crippen LogP contribution in [-0.2, 0) is 27.9 Å². The van der Waals surface area contributed by atoms with Crippen LogP contribution in [-0.4, -0.2) is 87.3 Å². The number of quaternary nitrogens is 1. The van der Waals surface area contributed by atoms with Crippen LogP contribution in [0.2, 0.25) is 0 Å². The lowest BCUT2D eigenvalue weighted by molar-refractivity contribution is -0.870. The number of nitrogens with zero attached hydrogens (tertiary/aromatic N) is 1. The molecule has 0 aromatic heterocycles. The number of likely N-dealkylation sites (N-methyl/N-ethyl adjacent to an activating group) is 1. The lowest BCUT2D eigenvalue weighted by Crippen LogP contribution is -2.37. The molecule has 0 aromatic rings. The molecule has 142 valence electrons. The van der Waals surface area contributed by atoms with Gasteiger partial charge in [-0.1, -0.05) is 6.58 Å². The second-order valence-electron chi connectivity index (χ2n) is 6.20. The molecule has 0 fully saturated rings. The smallest absolute Gasteiger partial charge is 0.460 e. The summed E-state index contributed by atoms with van der Waals surface area (Å²) >= 11 is 0. The third kappa shape index (κ3) is 12.6. The molecule has 2 atom stereocenters. The van der Waals surface area contributed by atoms with Crippen LogP contribution in [0.5, 0.6) is 0 Å². The van der Waals surface area contributed by atoms with E-state index in [1.54, 1.807) is 0 Å². The first-order valence-electron chi connectivity index (χ1n) is 7.44. The molecular weight excluding hydrogens is 341 g/mol. The number of hydrogen-bond donors (Lipinski definition) is 2. The fraction of sp³-hybridized carbons (Fsp3) is 0.786. The zero-order chi connectivity index (χ0) is 18.8. The topological polar surface area (TPSA) is 112 Å². The van der Waals surface area contributed by atoms with E-state index in [2.05, 4.69) is 6.58 Å². The molecule has 24 heavy (non-hydrogen) atoms. The largest absolute Gasteiger partial charge is 0.472 e. The number of phosphoric acid groups is 1. The highest BCUT2D eigenvalue weighted by molar-refractivity contribution is 7.47. The fourth-order valence-corrected chi connectivity index (χ4v) is 2.01. The number of aliphatic hydroxyl groups is 1. The maximum atomic E-state index is 11.7. The zero-order valence-electron chi connectivity index (χ0n) is 14.8. The van der Waals surface area contributed by atoms with Gasteiger partial charge in [-0.25, -0.2) is 9.36 Å². The minimum Gasteiger partial charge on any atom is -0.460 e. The van der Waals surface area contributed by atoms with E-state index in [1.807, 2.05) is 21.1 Å². The quantitative estimate of drug-likeness (QED) is 0.157. The van der Waals surface area contributed by atoms with Crippen molar-refractivity contribution in [2.75, 3.05) is 60.7 Å². The van der Waals surface area contributed by atoms with Crippen molar-refractivity contribution in [3.63, 3.8) is 0 Å². The molecule has 0 aliphatic rings. The third-order valence-electron chi connectivity index (χ3n) is 2.66. The van der Waals surface area contributed by atoms with Crippen molar-refractivity contribution in [3.8, 4) is 0 Å². The van der Waals surface area contributed by atoms with Crippen LogP contribution in [0, 0.1) is 0 Å². The second-order valence-corrected chi connectivity index (χ2v) is 7.66. The Hall–Kier alpha value is -0.800. The molecule has 0 aliphatic carbocycles. The van der Waals surface area contributed by atoms with Gasteiger partial charge in [-0.2, -0.15) is 0 Å². The van der Waals surface area contributed by atoms with E-state index < -0.39 is 26.5 Å². The van der Waals surface area contributed by atoms with Gasteiger partial charge in [0.15, 0.2) is 0 Å². The molecule has 0 spiro atoms. The fourth-order valence-electron chi connectivity index (χ4n) is 1.27. The van der Waals surface area contributed by atoms with Crippen LogP contribution in [0.15, 0.2) is 12.2 Å². The molecule has 1 unspecified atom stereocenters. The maximum Gasteiger partial charge on any atom is 0.472 e. The maximum absolute atomic E-state index is 11.7. The van der Waals surface area contributed by atoms with Gasteiger partial charge in [-0.15, -0.1) is 0 Å². The molecule has 0 aromatic carbocycles. The van der Waals surface area contributed by atoms with Crippen molar-refractivity contribution >= 4 is 13.8 Å². The average molecular weight is 370 g/mol. The van der Waals surface area contributed by atoms with Gasteiger partial charge in [0.2, 0.25) is 0 Å². The Balaban J connectivity index is 4.04. The lowest BCUT2D eigenvalue weighted by atomic mass is 10.4. The summed E-state index contributed by atoms with van der Waals surface area (Å²) in [4.78, 5) is 20.7. The highest BCUT2D eigenvalue weighted by Crippen LogP contribution is 2.43. The van der Waals surface area contributed by atoms with Crippen molar-refractivity contribution in [2.45, 2.75) is 13.0 Å². The van der Waals surface area contributed by atoms with Gasteiger partial charge in [0.05, 0.1) is 41.0 Å². The predicted molar refractivity (Wildman–Crippen MR) is 87.2 cm³/mol. The Bertz CT molecular complexity index is 449. The van der Waals surface area contributed by atoms with Crippen LogP contribution in [0.25, 0.3) is 0 Å². The number of phosphoric ester groups is 1. The number of carbonyl (C=O) groups excluding carboxylic acids is 1. The van der Waals surface area contributed by atoms with Crippen LogP contribution < -0.4 is 0 Å². The number of ether oxygens (including phenoxy) is 2. The molecule has 0 amide bonds. The SMILES string of the molecule is C=C(C)C(=O)OCCO[C@H](CO)COP(=O)(O)OCC[N+](C)(C)C. The van der Waals surface area contributed by atoms with Crippen LogP contribution in [0.1, 0.15) is 6.92 Å². The monoisotopic (exact) mass is 370 g/mol. The van der Waals surface area contributed by atoms with Gasteiger partial charge in [-0.3, -0.25) is 9.05 Å². The molecule has 0 aliphatic heterocycles. The van der Waals surface area contributed by atoms with Gasteiger partial charge in [0.1, 0.15) is 25.9 Å².